The Morgan fingerprint density at radius 3 is 2.79 bits per heavy atom. The SMILES string of the molecule is CC1CN(C(C)C=O)CCC1NCc1ccccc1. The molecule has 1 N–H and O–H groups in total. The summed E-state index contributed by atoms with van der Waals surface area (Å²) in [4.78, 5) is 13.1. The Bertz CT molecular complexity index is 393. The zero-order valence-corrected chi connectivity index (χ0v) is 11.9. The van der Waals surface area contributed by atoms with Crippen LogP contribution in [-0.4, -0.2) is 36.4 Å². The molecule has 1 aromatic carbocycles. The first-order valence-corrected chi connectivity index (χ1v) is 7.17. The number of nitrogens with one attached hydrogen (secondary N) is 1. The van der Waals surface area contributed by atoms with Gasteiger partial charge in [-0.25, -0.2) is 0 Å². The smallest absolute Gasteiger partial charge is 0.136 e. The Morgan fingerprint density at radius 2 is 2.16 bits per heavy atom. The second-order valence-corrected chi connectivity index (χ2v) is 5.61. The number of piperidine rings is 1. The van der Waals surface area contributed by atoms with Crippen LogP contribution in [-0.2, 0) is 11.3 Å². The molecule has 1 heterocycles. The molecule has 1 aliphatic rings. The largest absolute Gasteiger partial charge is 0.310 e. The minimum atomic E-state index is 0.0533. The molecular formula is C16H24N2O. The zero-order valence-electron chi connectivity index (χ0n) is 11.9. The summed E-state index contributed by atoms with van der Waals surface area (Å²) in [6.07, 6.45) is 2.16. The van der Waals surface area contributed by atoms with Gasteiger partial charge in [0.1, 0.15) is 6.29 Å². The van der Waals surface area contributed by atoms with E-state index in [2.05, 4.69) is 41.4 Å². The van der Waals surface area contributed by atoms with Gasteiger partial charge >= 0.3 is 0 Å². The summed E-state index contributed by atoms with van der Waals surface area (Å²) < 4.78 is 0. The molecule has 0 aliphatic carbocycles. The standard InChI is InChI=1S/C16H24N2O/c1-13-11-18(14(2)12-19)9-8-16(13)17-10-15-6-4-3-5-7-15/h3-7,12-14,16-17H,8-11H2,1-2H3. The van der Waals surface area contributed by atoms with E-state index in [0.717, 1.165) is 32.3 Å². The quantitative estimate of drug-likeness (QED) is 0.823. The lowest BCUT2D eigenvalue weighted by Gasteiger charge is -2.39. The first-order chi connectivity index (χ1) is 9.20. The number of likely N-dealkylation sites (tertiary alicyclic amines) is 1. The van der Waals surface area contributed by atoms with Crippen LogP contribution in [0.15, 0.2) is 30.3 Å². The van der Waals surface area contributed by atoms with Gasteiger partial charge in [0.25, 0.3) is 0 Å². The maximum atomic E-state index is 10.8. The van der Waals surface area contributed by atoms with Crippen molar-refractivity contribution in [2.45, 2.75) is 38.9 Å². The third-order valence-electron chi connectivity index (χ3n) is 4.12. The summed E-state index contributed by atoms with van der Waals surface area (Å²) in [6, 6.07) is 11.1. The van der Waals surface area contributed by atoms with Gasteiger partial charge in [-0.05, 0) is 24.8 Å². The van der Waals surface area contributed by atoms with Crippen LogP contribution in [0.3, 0.4) is 0 Å². The molecule has 3 nitrogen and oxygen atoms in total. The van der Waals surface area contributed by atoms with Gasteiger partial charge in [-0.15, -0.1) is 0 Å². The summed E-state index contributed by atoms with van der Waals surface area (Å²) in [5.41, 5.74) is 1.33. The summed E-state index contributed by atoms with van der Waals surface area (Å²) in [5.74, 6) is 0.583. The molecule has 1 aliphatic heterocycles. The molecule has 0 saturated carbocycles. The van der Waals surface area contributed by atoms with Crippen molar-refractivity contribution < 1.29 is 4.79 Å². The van der Waals surface area contributed by atoms with Crippen molar-refractivity contribution in [1.82, 2.24) is 10.2 Å². The molecule has 104 valence electrons. The van der Waals surface area contributed by atoms with E-state index in [1.165, 1.54) is 5.56 Å². The van der Waals surface area contributed by atoms with E-state index in [9.17, 15) is 4.79 Å². The summed E-state index contributed by atoms with van der Waals surface area (Å²) >= 11 is 0. The van der Waals surface area contributed by atoms with Gasteiger partial charge in [-0.3, -0.25) is 4.90 Å². The van der Waals surface area contributed by atoms with E-state index in [1.54, 1.807) is 0 Å². The fourth-order valence-corrected chi connectivity index (χ4v) is 2.78. The number of rotatable bonds is 5. The number of aldehydes is 1. The summed E-state index contributed by atoms with van der Waals surface area (Å²) in [7, 11) is 0. The van der Waals surface area contributed by atoms with Gasteiger partial charge in [-0.1, -0.05) is 37.3 Å². The van der Waals surface area contributed by atoms with Crippen LogP contribution >= 0.6 is 0 Å². The van der Waals surface area contributed by atoms with Crippen molar-refractivity contribution in [2.75, 3.05) is 13.1 Å². The second kappa shape index (κ2) is 6.83. The Labute approximate surface area is 116 Å². The van der Waals surface area contributed by atoms with E-state index in [4.69, 9.17) is 0 Å². The third kappa shape index (κ3) is 3.88. The lowest BCUT2D eigenvalue weighted by molar-refractivity contribution is -0.112. The summed E-state index contributed by atoms with van der Waals surface area (Å²) in [6.45, 7) is 7.20. The van der Waals surface area contributed by atoms with E-state index in [1.807, 2.05) is 13.0 Å². The van der Waals surface area contributed by atoms with Crippen molar-refractivity contribution in [3.63, 3.8) is 0 Å². The minimum Gasteiger partial charge on any atom is -0.310 e. The van der Waals surface area contributed by atoms with Crippen LogP contribution < -0.4 is 5.32 Å². The van der Waals surface area contributed by atoms with Crippen LogP contribution in [0.4, 0.5) is 0 Å². The van der Waals surface area contributed by atoms with E-state index in [-0.39, 0.29) is 6.04 Å². The van der Waals surface area contributed by atoms with Crippen LogP contribution in [0.1, 0.15) is 25.8 Å². The molecule has 0 bridgehead atoms. The molecule has 1 aromatic rings. The number of carbonyl (C=O) groups is 1. The molecule has 0 amide bonds. The average molecular weight is 260 g/mol. The Balaban J connectivity index is 1.82. The molecule has 0 aromatic heterocycles. The number of hydrogen-bond donors (Lipinski definition) is 1. The normalized spacial score (nSPS) is 26.0. The van der Waals surface area contributed by atoms with Gasteiger partial charge in [0, 0.05) is 25.7 Å². The van der Waals surface area contributed by atoms with Crippen molar-refractivity contribution in [3.05, 3.63) is 35.9 Å². The van der Waals surface area contributed by atoms with Crippen LogP contribution in [0.2, 0.25) is 0 Å². The Morgan fingerprint density at radius 1 is 1.42 bits per heavy atom. The predicted octanol–water partition coefficient (Wildman–Crippen LogP) is 2.07. The van der Waals surface area contributed by atoms with Gasteiger partial charge in [0.05, 0.1) is 6.04 Å². The third-order valence-corrected chi connectivity index (χ3v) is 4.12. The minimum absolute atomic E-state index is 0.0533. The Hall–Kier alpha value is -1.19. The molecule has 3 heteroatoms. The molecule has 3 unspecified atom stereocenters. The fraction of sp³-hybridized carbons (Fsp3) is 0.562. The first-order valence-electron chi connectivity index (χ1n) is 7.17. The molecule has 1 fully saturated rings. The van der Waals surface area contributed by atoms with Gasteiger partial charge in [0.2, 0.25) is 0 Å². The van der Waals surface area contributed by atoms with Crippen molar-refractivity contribution in [3.8, 4) is 0 Å². The highest BCUT2D eigenvalue weighted by Crippen LogP contribution is 2.18. The van der Waals surface area contributed by atoms with Crippen LogP contribution in [0, 0.1) is 5.92 Å². The summed E-state index contributed by atoms with van der Waals surface area (Å²) in [5, 5.41) is 3.65. The van der Waals surface area contributed by atoms with Crippen molar-refractivity contribution >= 4 is 6.29 Å². The maximum absolute atomic E-state index is 10.8. The molecule has 0 radical (unpaired) electrons. The van der Waals surface area contributed by atoms with Gasteiger partial charge < -0.3 is 10.1 Å². The highest BCUT2D eigenvalue weighted by molar-refractivity contribution is 5.56. The van der Waals surface area contributed by atoms with Gasteiger partial charge in [0.15, 0.2) is 0 Å². The van der Waals surface area contributed by atoms with Gasteiger partial charge in [-0.2, -0.15) is 0 Å². The number of carbonyl (C=O) groups excluding carboxylic acids is 1. The molecule has 19 heavy (non-hydrogen) atoms. The molecule has 1 saturated heterocycles. The zero-order chi connectivity index (χ0) is 13.7. The Kier molecular flexibility index (Phi) is 5.11. The lowest BCUT2D eigenvalue weighted by Crippen LogP contribution is -2.50. The molecule has 2 rings (SSSR count). The predicted molar refractivity (Wildman–Crippen MR) is 77.9 cm³/mol. The lowest BCUT2D eigenvalue weighted by atomic mass is 9.93. The average Bonchev–Trinajstić information content (AvgIpc) is 2.46. The van der Waals surface area contributed by atoms with E-state index < -0.39 is 0 Å². The number of nitrogens with zero attached hydrogens (tertiary/aromatic N) is 1. The van der Waals surface area contributed by atoms with Crippen molar-refractivity contribution in [1.29, 1.82) is 0 Å². The highest BCUT2D eigenvalue weighted by atomic mass is 16.1. The van der Waals surface area contributed by atoms with Crippen LogP contribution in [0.25, 0.3) is 0 Å². The van der Waals surface area contributed by atoms with E-state index in [0.29, 0.717) is 12.0 Å². The fourth-order valence-electron chi connectivity index (χ4n) is 2.78. The molecule has 0 spiro atoms. The van der Waals surface area contributed by atoms with Crippen LogP contribution in [0.5, 0.6) is 0 Å². The number of hydrogen-bond acceptors (Lipinski definition) is 3. The van der Waals surface area contributed by atoms with E-state index >= 15 is 0 Å². The van der Waals surface area contributed by atoms with Crippen molar-refractivity contribution in [2.24, 2.45) is 5.92 Å². The number of benzene rings is 1. The second-order valence-electron chi connectivity index (χ2n) is 5.61. The monoisotopic (exact) mass is 260 g/mol. The highest BCUT2D eigenvalue weighted by Gasteiger charge is 2.27. The molecular weight excluding hydrogens is 236 g/mol. The topological polar surface area (TPSA) is 32.3 Å². The maximum Gasteiger partial charge on any atom is 0.136 e. The first kappa shape index (κ1) is 14.2. The molecule has 3 atom stereocenters.